The van der Waals surface area contributed by atoms with Crippen LogP contribution in [0.25, 0.3) is 0 Å². The van der Waals surface area contributed by atoms with Crippen LogP contribution < -0.4 is 0 Å². The molecule has 5 nitrogen and oxygen atoms in total. The van der Waals surface area contributed by atoms with Crippen LogP contribution in [0.1, 0.15) is 27.2 Å². The van der Waals surface area contributed by atoms with Crippen LogP contribution in [0.2, 0.25) is 0 Å². The summed E-state index contributed by atoms with van der Waals surface area (Å²) in [6, 6.07) is 0. The minimum Gasteiger partial charge on any atom is -0.378 e. The molecule has 1 aliphatic heterocycles. The minimum atomic E-state index is 0.0403. The molecular formula is C13H24N2O3. The van der Waals surface area contributed by atoms with Crippen LogP contribution in [0.15, 0.2) is 0 Å². The van der Waals surface area contributed by atoms with Crippen molar-refractivity contribution in [2.45, 2.75) is 27.2 Å². The van der Waals surface area contributed by atoms with Crippen molar-refractivity contribution in [2.24, 2.45) is 5.92 Å². The average Bonchev–Trinajstić information content (AvgIpc) is 2.34. The van der Waals surface area contributed by atoms with Crippen LogP contribution in [-0.2, 0) is 14.3 Å². The van der Waals surface area contributed by atoms with Crippen LogP contribution in [-0.4, -0.2) is 61.0 Å². The third-order valence-electron chi connectivity index (χ3n) is 2.99. The van der Waals surface area contributed by atoms with Gasteiger partial charge in [-0.25, -0.2) is 0 Å². The molecule has 1 rings (SSSR count). The second-order valence-corrected chi connectivity index (χ2v) is 5.10. The van der Waals surface area contributed by atoms with Gasteiger partial charge in [-0.2, -0.15) is 0 Å². The van der Waals surface area contributed by atoms with E-state index in [9.17, 15) is 9.59 Å². The number of ether oxygens (including phenoxy) is 1. The Morgan fingerprint density at radius 1 is 1.28 bits per heavy atom. The summed E-state index contributed by atoms with van der Waals surface area (Å²) in [4.78, 5) is 27.0. The lowest BCUT2D eigenvalue weighted by Gasteiger charge is -2.28. The molecule has 0 aromatic heterocycles. The first-order valence-electron chi connectivity index (χ1n) is 6.61. The van der Waals surface area contributed by atoms with Crippen LogP contribution in [0, 0.1) is 5.92 Å². The van der Waals surface area contributed by atoms with E-state index in [1.165, 1.54) is 0 Å². The molecular weight excluding hydrogens is 232 g/mol. The summed E-state index contributed by atoms with van der Waals surface area (Å²) in [7, 11) is 0. The zero-order valence-electron chi connectivity index (χ0n) is 11.6. The molecule has 0 aliphatic carbocycles. The molecule has 0 atom stereocenters. The second kappa shape index (κ2) is 7.36. The molecule has 0 spiro atoms. The highest BCUT2D eigenvalue weighted by atomic mass is 16.5. The van der Waals surface area contributed by atoms with Crippen LogP contribution in [0.4, 0.5) is 0 Å². The van der Waals surface area contributed by atoms with Crippen molar-refractivity contribution >= 4 is 11.8 Å². The summed E-state index contributed by atoms with van der Waals surface area (Å²) in [6.45, 7) is 9.50. The SMILES string of the molecule is CC(=O)N(CCC(=O)N1CCOCC1)CC(C)C. The third kappa shape index (κ3) is 5.04. The molecule has 0 radical (unpaired) electrons. The zero-order valence-corrected chi connectivity index (χ0v) is 11.6. The van der Waals surface area contributed by atoms with Gasteiger partial charge in [0.1, 0.15) is 0 Å². The summed E-state index contributed by atoms with van der Waals surface area (Å²) in [5, 5.41) is 0. The lowest BCUT2D eigenvalue weighted by atomic mass is 10.2. The third-order valence-corrected chi connectivity index (χ3v) is 2.99. The predicted molar refractivity (Wildman–Crippen MR) is 69.1 cm³/mol. The standard InChI is InChI=1S/C13H24N2O3/c1-11(2)10-15(12(3)16)5-4-13(17)14-6-8-18-9-7-14/h11H,4-10H2,1-3H3. The molecule has 1 heterocycles. The molecule has 0 unspecified atom stereocenters. The van der Waals surface area contributed by atoms with E-state index in [-0.39, 0.29) is 11.8 Å². The number of carbonyl (C=O) groups is 2. The lowest BCUT2D eigenvalue weighted by molar-refractivity contribution is -0.136. The highest BCUT2D eigenvalue weighted by molar-refractivity contribution is 5.78. The number of morpholine rings is 1. The molecule has 1 fully saturated rings. The van der Waals surface area contributed by atoms with Crippen molar-refractivity contribution in [1.29, 1.82) is 0 Å². The largest absolute Gasteiger partial charge is 0.378 e. The highest BCUT2D eigenvalue weighted by Crippen LogP contribution is 2.04. The number of hydrogen-bond acceptors (Lipinski definition) is 3. The molecule has 0 bridgehead atoms. The van der Waals surface area contributed by atoms with Gasteiger partial charge in [-0.3, -0.25) is 9.59 Å². The van der Waals surface area contributed by atoms with Crippen molar-refractivity contribution in [1.82, 2.24) is 9.80 Å². The van der Waals surface area contributed by atoms with Crippen LogP contribution in [0.3, 0.4) is 0 Å². The molecule has 18 heavy (non-hydrogen) atoms. The Balaban J connectivity index is 2.36. The summed E-state index contributed by atoms with van der Waals surface area (Å²) >= 11 is 0. The van der Waals surface area contributed by atoms with Crippen molar-refractivity contribution in [3.05, 3.63) is 0 Å². The Hall–Kier alpha value is -1.10. The topological polar surface area (TPSA) is 49.9 Å². The van der Waals surface area contributed by atoms with E-state index in [4.69, 9.17) is 4.74 Å². The van der Waals surface area contributed by atoms with Crippen molar-refractivity contribution in [3.63, 3.8) is 0 Å². The molecule has 2 amide bonds. The van der Waals surface area contributed by atoms with E-state index in [2.05, 4.69) is 13.8 Å². The Morgan fingerprint density at radius 3 is 2.39 bits per heavy atom. The lowest BCUT2D eigenvalue weighted by Crippen LogP contribution is -2.42. The van der Waals surface area contributed by atoms with Gasteiger partial charge >= 0.3 is 0 Å². The number of carbonyl (C=O) groups excluding carboxylic acids is 2. The van der Waals surface area contributed by atoms with Gasteiger partial charge in [-0.05, 0) is 5.92 Å². The Morgan fingerprint density at radius 2 is 1.89 bits per heavy atom. The minimum absolute atomic E-state index is 0.0403. The fraction of sp³-hybridized carbons (Fsp3) is 0.846. The molecule has 1 aliphatic rings. The molecule has 5 heteroatoms. The van der Waals surface area contributed by atoms with Gasteiger partial charge in [0.25, 0.3) is 0 Å². The van der Waals surface area contributed by atoms with Gasteiger partial charge in [0, 0.05) is 39.5 Å². The van der Waals surface area contributed by atoms with Gasteiger partial charge in [-0.1, -0.05) is 13.8 Å². The Labute approximate surface area is 109 Å². The van der Waals surface area contributed by atoms with Gasteiger partial charge in [0.2, 0.25) is 11.8 Å². The molecule has 104 valence electrons. The quantitative estimate of drug-likeness (QED) is 0.729. The Kier molecular flexibility index (Phi) is 6.12. The molecule has 0 N–H and O–H groups in total. The highest BCUT2D eigenvalue weighted by Gasteiger charge is 2.18. The summed E-state index contributed by atoms with van der Waals surface area (Å²) in [6.07, 6.45) is 0.409. The van der Waals surface area contributed by atoms with Crippen LogP contribution in [0.5, 0.6) is 0 Å². The fourth-order valence-corrected chi connectivity index (χ4v) is 2.02. The summed E-state index contributed by atoms with van der Waals surface area (Å²) in [5.41, 5.74) is 0. The second-order valence-electron chi connectivity index (χ2n) is 5.10. The number of hydrogen-bond donors (Lipinski definition) is 0. The zero-order chi connectivity index (χ0) is 13.5. The maximum atomic E-state index is 11.9. The van der Waals surface area contributed by atoms with Crippen molar-refractivity contribution in [3.8, 4) is 0 Å². The van der Waals surface area contributed by atoms with E-state index in [1.54, 1.807) is 11.8 Å². The molecule has 0 aromatic carbocycles. The van der Waals surface area contributed by atoms with Gasteiger partial charge < -0.3 is 14.5 Å². The van der Waals surface area contributed by atoms with Crippen LogP contribution >= 0.6 is 0 Å². The first-order chi connectivity index (χ1) is 8.50. The van der Waals surface area contributed by atoms with Crippen molar-refractivity contribution in [2.75, 3.05) is 39.4 Å². The Bertz CT molecular complexity index is 286. The van der Waals surface area contributed by atoms with Crippen molar-refractivity contribution < 1.29 is 14.3 Å². The summed E-state index contributed by atoms with van der Waals surface area (Å²) in [5.74, 6) is 0.583. The molecule has 1 saturated heterocycles. The monoisotopic (exact) mass is 256 g/mol. The van der Waals surface area contributed by atoms with Gasteiger partial charge in [0.15, 0.2) is 0 Å². The normalized spacial score (nSPS) is 15.9. The van der Waals surface area contributed by atoms with Gasteiger partial charge in [0.05, 0.1) is 13.2 Å². The van der Waals surface area contributed by atoms with E-state index < -0.39 is 0 Å². The fourth-order valence-electron chi connectivity index (χ4n) is 2.02. The molecule has 0 saturated carbocycles. The molecule has 0 aromatic rings. The van der Waals surface area contributed by atoms with E-state index in [0.29, 0.717) is 51.7 Å². The van der Waals surface area contributed by atoms with E-state index >= 15 is 0 Å². The average molecular weight is 256 g/mol. The number of amides is 2. The van der Waals surface area contributed by atoms with E-state index in [0.717, 1.165) is 0 Å². The predicted octanol–water partition coefficient (Wildman–Crippen LogP) is 0.740. The summed E-state index contributed by atoms with van der Waals surface area (Å²) < 4.78 is 5.21. The smallest absolute Gasteiger partial charge is 0.224 e. The first-order valence-corrected chi connectivity index (χ1v) is 6.61. The van der Waals surface area contributed by atoms with Gasteiger partial charge in [-0.15, -0.1) is 0 Å². The first kappa shape index (κ1) is 15.0. The maximum absolute atomic E-state index is 11.9. The number of rotatable bonds is 5. The maximum Gasteiger partial charge on any atom is 0.224 e. The van der Waals surface area contributed by atoms with E-state index in [1.807, 2.05) is 4.90 Å². The number of nitrogens with zero attached hydrogens (tertiary/aromatic N) is 2.